The summed E-state index contributed by atoms with van der Waals surface area (Å²) in [5.74, 6) is 2.14. The molecule has 0 amide bonds. The van der Waals surface area contributed by atoms with Gasteiger partial charge in [0.05, 0.1) is 18.1 Å². The summed E-state index contributed by atoms with van der Waals surface area (Å²) in [6.45, 7) is 1.57. The fraction of sp³-hybridized carbons (Fsp3) is 0.235. The minimum absolute atomic E-state index is 0.471. The Balaban J connectivity index is 1.46. The van der Waals surface area contributed by atoms with E-state index in [9.17, 15) is 0 Å². The Morgan fingerprint density at radius 3 is 2.84 bits per heavy atom. The first kappa shape index (κ1) is 17.0. The minimum atomic E-state index is 0.471. The van der Waals surface area contributed by atoms with Crippen LogP contribution in [-0.2, 0) is 6.54 Å². The molecule has 2 aromatic heterocycles. The average Bonchev–Trinajstić information content (AvgIpc) is 3.06. The molecule has 0 aliphatic carbocycles. The summed E-state index contributed by atoms with van der Waals surface area (Å²) in [5, 5.41) is 15.3. The van der Waals surface area contributed by atoms with Gasteiger partial charge in [0.2, 0.25) is 0 Å². The maximum atomic E-state index is 6.05. The number of benzene rings is 1. The van der Waals surface area contributed by atoms with Gasteiger partial charge in [0.1, 0.15) is 12.4 Å². The van der Waals surface area contributed by atoms with Crippen LogP contribution in [-0.4, -0.2) is 40.8 Å². The molecule has 2 heterocycles. The van der Waals surface area contributed by atoms with Gasteiger partial charge in [-0.2, -0.15) is 0 Å². The van der Waals surface area contributed by atoms with Crippen molar-refractivity contribution in [2.75, 3.05) is 20.2 Å². The van der Waals surface area contributed by atoms with Crippen molar-refractivity contribution in [3.63, 3.8) is 0 Å². The minimum Gasteiger partial charge on any atom is -0.490 e. The van der Waals surface area contributed by atoms with Crippen molar-refractivity contribution >= 4 is 23.2 Å². The Morgan fingerprint density at radius 1 is 1.16 bits per heavy atom. The van der Waals surface area contributed by atoms with Gasteiger partial charge >= 0.3 is 0 Å². The Morgan fingerprint density at radius 2 is 2.00 bits per heavy atom. The van der Waals surface area contributed by atoms with Crippen LogP contribution in [0.25, 0.3) is 5.65 Å². The van der Waals surface area contributed by atoms with Gasteiger partial charge in [-0.05, 0) is 24.3 Å². The van der Waals surface area contributed by atoms with E-state index in [-0.39, 0.29) is 0 Å². The first-order chi connectivity index (χ1) is 12.3. The molecule has 0 fully saturated rings. The van der Waals surface area contributed by atoms with Gasteiger partial charge in [0, 0.05) is 13.2 Å². The molecule has 0 radical (unpaired) electrons. The number of pyridine rings is 1. The molecule has 0 saturated carbocycles. The number of guanidine groups is 1. The predicted octanol–water partition coefficient (Wildman–Crippen LogP) is 2.13. The van der Waals surface area contributed by atoms with Crippen molar-refractivity contribution in [1.29, 1.82) is 0 Å². The summed E-state index contributed by atoms with van der Waals surface area (Å²) in [6.07, 6.45) is 1.93. The largest absolute Gasteiger partial charge is 0.490 e. The molecule has 2 N–H and O–H groups in total. The predicted molar refractivity (Wildman–Crippen MR) is 98.1 cm³/mol. The number of rotatable bonds is 6. The van der Waals surface area contributed by atoms with E-state index in [1.807, 2.05) is 47.0 Å². The van der Waals surface area contributed by atoms with E-state index in [0.29, 0.717) is 36.4 Å². The number of para-hydroxylation sites is 1. The summed E-state index contributed by atoms with van der Waals surface area (Å²) in [5.41, 5.74) is 0.815. The van der Waals surface area contributed by atoms with E-state index in [4.69, 9.17) is 16.3 Å². The third-order valence-corrected chi connectivity index (χ3v) is 3.82. The van der Waals surface area contributed by atoms with Crippen LogP contribution in [0.3, 0.4) is 0 Å². The molecule has 0 aliphatic rings. The fourth-order valence-corrected chi connectivity index (χ4v) is 2.48. The summed E-state index contributed by atoms with van der Waals surface area (Å²) in [4.78, 5) is 4.19. The van der Waals surface area contributed by atoms with E-state index < -0.39 is 0 Å². The number of hydrogen-bond donors (Lipinski definition) is 2. The van der Waals surface area contributed by atoms with Crippen molar-refractivity contribution in [3.05, 3.63) is 59.5 Å². The summed E-state index contributed by atoms with van der Waals surface area (Å²) in [7, 11) is 1.71. The first-order valence-electron chi connectivity index (χ1n) is 7.88. The second kappa shape index (κ2) is 8.34. The molecule has 25 heavy (non-hydrogen) atoms. The molecule has 0 bridgehead atoms. The van der Waals surface area contributed by atoms with E-state index in [1.165, 1.54) is 0 Å². The normalized spacial score (nSPS) is 11.5. The standard InChI is InChI=1S/C17H19ClN6O/c1-19-17(20-9-11-25-14-7-3-2-6-13(14)18)21-12-16-23-22-15-8-4-5-10-24(15)16/h2-8,10H,9,11-12H2,1H3,(H2,19,20,21). The van der Waals surface area contributed by atoms with Gasteiger partial charge in [-0.25, -0.2) is 0 Å². The lowest BCUT2D eigenvalue weighted by Crippen LogP contribution is -2.39. The molecule has 1 aromatic carbocycles. The molecule has 0 saturated heterocycles. The summed E-state index contributed by atoms with van der Waals surface area (Å²) >= 11 is 6.05. The van der Waals surface area contributed by atoms with Crippen molar-refractivity contribution in [3.8, 4) is 5.75 Å². The maximum absolute atomic E-state index is 6.05. The van der Waals surface area contributed by atoms with Gasteiger partial charge in [-0.3, -0.25) is 9.39 Å². The van der Waals surface area contributed by atoms with Crippen LogP contribution in [0.5, 0.6) is 5.75 Å². The van der Waals surface area contributed by atoms with Crippen LogP contribution in [0.4, 0.5) is 0 Å². The Hall–Kier alpha value is -2.80. The zero-order chi connectivity index (χ0) is 17.5. The smallest absolute Gasteiger partial charge is 0.191 e. The molecular weight excluding hydrogens is 340 g/mol. The zero-order valence-electron chi connectivity index (χ0n) is 13.8. The number of fused-ring (bicyclic) bond motifs is 1. The third-order valence-electron chi connectivity index (χ3n) is 3.51. The average molecular weight is 359 g/mol. The maximum Gasteiger partial charge on any atom is 0.191 e. The number of ether oxygens (including phenoxy) is 1. The molecule has 0 aliphatic heterocycles. The Bertz CT molecular complexity index is 863. The molecule has 0 atom stereocenters. The second-order valence-electron chi connectivity index (χ2n) is 5.18. The van der Waals surface area contributed by atoms with Crippen molar-refractivity contribution in [1.82, 2.24) is 25.2 Å². The Labute approximate surface area is 150 Å². The van der Waals surface area contributed by atoms with Gasteiger partial charge in [-0.1, -0.05) is 29.8 Å². The van der Waals surface area contributed by atoms with Crippen LogP contribution >= 0.6 is 11.6 Å². The van der Waals surface area contributed by atoms with Crippen molar-refractivity contribution in [2.45, 2.75) is 6.54 Å². The topological polar surface area (TPSA) is 75.8 Å². The molecule has 0 unspecified atom stereocenters. The molecule has 3 aromatic rings. The van der Waals surface area contributed by atoms with E-state index in [1.54, 1.807) is 13.1 Å². The molecule has 130 valence electrons. The third kappa shape index (κ3) is 4.39. The first-order valence-corrected chi connectivity index (χ1v) is 8.26. The van der Waals surface area contributed by atoms with E-state index in [2.05, 4.69) is 25.8 Å². The molecule has 3 rings (SSSR count). The fourth-order valence-electron chi connectivity index (χ4n) is 2.29. The highest BCUT2D eigenvalue weighted by Crippen LogP contribution is 2.22. The second-order valence-corrected chi connectivity index (χ2v) is 5.58. The van der Waals surface area contributed by atoms with Gasteiger partial charge < -0.3 is 15.4 Å². The lowest BCUT2D eigenvalue weighted by Gasteiger charge is -2.12. The number of nitrogens with zero attached hydrogens (tertiary/aromatic N) is 4. The number of halogens is 1. The zero-order valence-corrected chi connectivity index (χ0v) is 14.6. The Kier molecular flexibility index (Phi) is 5.69. The quantitative estimate of drug-likeness (QED) is 0.401. The number of aromatic nitrogens is 3. The number of aliphatic imine (C=N–C) groups is 1. The van der Waals surface area contributed by atoms with Crippen molar-refractivity contribution in [2.24, 2.45) is 4.99 Å². The molecule has 0 spiro atoms. The summed E-state index contributed by atoms with van der Waals surface area (Å²) in [6, 6.07) is 13.2. The van der Waals surface area contributed by atoms with Crippen LogP contribution in [0.15, 0.2) is 53.7 Å². The van der Waals surface area contributed by atoms with Crippen LogP contribution in [0, 0.1) is 0 Å². The lowest BCUT2D eigenvalue weighted by molar-refractivity contribution is 0.322. The van der Waals surface area contributed by atoms with E-state index >= 15 is 0 Å². The number of nitrogens with one attached hydrogen (secondary N) is 2. The van der Waals surface area contributed by atoms with Crippen LogP contribution < -0.4 is 15.4 Å². The lowest BCUT2D eigenvalue weighted by atomic mass is 10.3. The number of hydrogen-bond acceptors (Lipinski definition) is 4. The van der Waals surface area contributed by atoms with Crippen LogP contribution in [0.2, 0.25) is 5.02 Å². The monoisotopic (exact) mass is 358 g/mol. The SMILES string of the molecule is CN=C(NCCOc1ccccc1Cl)NCc1nnc2ccccn12. The van der Waals surface area contributed by atoms with Gasteiger partial charge in [-0.15, -0.1) is 10.2 Å². The molecule has 7 nitrogen and oxygen atoms in total. The molecular formula is C17H19ClN6O. The van der Waals surface area contributed by atoms with Gasteiger partial charge in [0.25, 0.3) is 0 Å². The highest BCUT2D eigenvalue weighted by Gasteiger charge is 2.05. The van der Waals surface area contributed by atoms with Crippen molar-refractivity contribution < 1.29 is 4.74 Å². The van der Waals surface area contributed by atoms with E-state index in [0.717, 1.165) is 11.5 Å². The van der Waals surface area contributed by atoms with Crippen LogP contribution in [0.1, 0.15) is 5.82 Å². The summed E-state index contributed by atoms with van der Waals surface area (Å²) < 4.78 is 7.57. The van der Waals surface area contributed by atoms with Gasteiger partial charge in [0.15, 0.2) is 17.4 Å². The molecule has 8 heteroatoms. The highest BCUT2D eigenvalue weighted by atomic mass is 35.5. The highest BCUT2D eigenvalue weighted by molar-refractivity contribution is 6.32.